The fourth-order valence-electron chi connectivity index (χ4n) is 1.86. The van der Waals surface area contributed by atoms with Crippen LogP contribution in [-0.2, 0) is 4.74 Å². The molecule has 0 aliphatic carbocycles. The number of hydrogen-bond acceptors (Lipinski definition) is 6. The molecule has 1 heterocycles. The molecule has 7 nitrogen and oxygen atoms in total. The molecule has 0 aliphatic rings. The number of rotatable bonds is 6. The van der Waals surface area contributed by atoms with Crippen molar-refractivity contribution in [2.75, 3.05) is 18.5 Å². The van der Waals surface area contributed by atoms with Gasteiger partial charge in [-0.3, -0.25) is 10.1 Å². The monoisotopic (exact) mass is 277 g/mol. The Labute approximate surface area is 115 Å². The Morgan fingerprint density at radius 1 is 1.50 bits per heavy atom. The van der Waals surface area contributed by atoms with Gasteiger partial charge in [-0.15, -0.1) is 0 Å². The molecule has 1 unspecified atom stereocenters. The maximum Gasteiger partial charge on any atom is 0.311 e. The summed E-state index contributed by atoms with van der Waals surface area (Å²) in [7, 11) is 0. The summed E-state index contributed by atoms with van der Waals surface area (Å²) in [4.78, 5) is 14.7. The number of aliphatic hydroxyl groups is 1. The van der Waals surface area contributed by atoms with Crippen LogP contribution in [0.3, 0.4) is 0 Å². The van der Waals surface area contributed by atoms with Gasteiger partial charge in [0.2, 0.25) is 0 Å². The van der Waals surface area contributed by atoms with Crippen molar-refractivity contribution in [3.05, 3.63) is 40.6 Å². The molecule has 2 N–H and O–H groups in total. The Kier molecular flexibility index (Phi) is 4.44. The van der Waals surface area contributed by atoms with Crippen LogP contribution in [0, 0.1) is 10.1 Å². The zero-order chi connectivity index (χ0) is 14.5. The van der Waals surface area contributed by atoms with E-state index in [1.165, 1.54) is 13.1 Å². The molecular weight excluding hydrogens is 262 g/mol. The van der Waals surface area contributed by atoms with Crippen molar-refractivity contribution in [1.82, 2.24) is 4.98 Å². The van der Waals surface area contributed by atoms with Gasteiger partial charge in [-0.25, -0.2) is 4.98 Å². The summed E-state index contributed by atoms with van der Waals surface area (Å²) in [6.07, 6.45) is 0.376. The number of nitro groups is 1. The summed E-state index contributed by atoms with van der Waals surface area (Å²) in [5.74, 6) is 0. The quantitative estimate of drug-likeness (QED) is 0.362. The van der Waals surface area contributed by atoms with E-state index in [0.717, 1.165) is 0 Å². The van der Waals surface area contributed by atoms with E-state index in [0.29, 0.717) is 23.1 Å². The van der Waals surface area contributed by atoms with Gasteiger partial charge in [-0.2, -0.15) is 0 Å². The first-order valence-electron chi connectivity index (χ1n) is 6.15. The molecule has 20 heavy (non-hydrogen) atoms. The van der Waals surface area contributed by atoms with E-state index in [4.69, 9.17) is 9.84 Å². The smallest absolute Gasteiger partial charge is 0.311 e. The third kappa shape index (κ3) is 3.19. The van der Waals surface area contributed by atoms with E-state index < -0.39 is 11.2 Å². The topological polar surface area (TPSA) is 97.5 Å². The van der Waals surface area contributed by atoms with Crippen LogP contribution in [0.25, 0.3) is 10.9 Å². The zero-order valence-electron chi connectivity index (χ0n) is 10.9. The minimum Gasteiger partial charge on any atom is -0.377 e. The molecule has 2 aromatic rings. The lowest BCUT2D eigenvalue weighted by molar-refractivity contribution is -0.384. The lowest BCUT2D eigenvalue weighted by atomic mass is 10.1. The first-order chi connectivity index (χ1) is 9.59. The number of ether oxygens (including phenoxy) is 1. The molecule has 7 heteroatoms. The summed E-state index contributed by atoms with van der Waals surface area (Å²) in [6.45, 7) is 2.09. The molecule has 1 aromatic heterocycles. The second-order valence-corrected chi connectivity index (χ2v) is 4.19. The van der Waals surface area contributed by atoms with Gasteiger partial charge < -0.3 is 15.2 Å². The number of aromatic nitrogens is 1. The van der Waals surface area contributed by atoms with Gasteiger partial charge in [0.15, 0.2) is 6.29 Å². The number of para-hydroxylation sites is 1. The van der Waals surface area contributed by atoms with Crippen molar-refractivity contribution in [2.24, 2.45) is 0 Å². The first-order valence-corrected chi connectivity index (χ1v) is 6.15. The number of benzene rings is 1. The van der Waals surface area contributed by atoms with E-state index in [1.807, 2.05) is 6.07 Å². The molecule has 0 fully saturated rings. The van der Waals surface area contributed by atoms with Crippen LogP contribution in [0.2, 0.25) is 0 Å². The van der Waals surface area contributed by atoms with Crippen molar-refractivity contribution in [3.63, 3.8) is 0 Å². The molecule has 0 saturated heterocycles. The Balaban J connectivity index is 2.28. The van der Waals surface area contributed by atoms with Gasteiger partial charge in [-0.05, 0) is 13.0 Å². The van der Waals surface area contributed by atoms with Crippen LogP contribution in [0.15, 0.2) is 30.5 Å². The van der Waals surface area contributed by atoms with Crippen molar-refractivity contribution < 1.29 is 14.8 Å². The second-order valence-electron chi connectivity index (χ2n) is 4.19. The van der Waals surface area contributed by atoms with Crippen molar-refractivity contribution in [2.45, 2.75) is 13.2 Å². The van der Waals surface area contributed by atoms with Crippen LogP contribution in [0.1, 0.15) is 6.92 Å². The van der Waals surface area contributed by atoms with Gasteiger partial charge in [0, 0.05) is 11.9 Å². The van der Waals surface area contributed by atoms with Gasteiger partial charge >= 0.3 is 5.69 Å². The van der Waals surface area contributed by atoms with Crippen LogP contribution < -0.4 is 5.32 Å². The van der Waals surface area contributed by atoms with Gasteiger partial charge in [0.1, 0.15) is 11.9 Å². The Morgan fingerprint density at radius 3 is 2.95 bits per heavy atom. The molecule has 0 aliphatic heterocycles. The fraction of sp³-hybridized carbons (Fsp3) is 0.308. The molecule has 0 bridgehead atoms. The number of anilines is 1. The second kappa shape index (κ2) is 6.27. The summed E-state index contributed by atoms with van der Waals surface area (Å²) >= 11 is 0. The van der Waals surface area contributed by atoms with E-state index >= 15 is 0 Å². The highest BCUT2D eigenvalue weighted by molar-refractivity contribution is 5.95. The molecule has 106 valence electrons. The normalized spacial score (nSPS) is 12.3. The average molecular weight is 277 g/mol. The lowest BCUT2D eigenvalue weighted by Crippen LogP contribution is -2.15. The third-order valence-corrected chi connectivity index (χ3v) is 2.72. The fourth-order valence-corrected chi connectivity index (χ4v) is 1.86. The molecule has 0 amide bonds. The predicted octanol–water partition coefficient (Wildman–Crippen LogP) is 1.91. The van der Waals surface area contributed by atoms with Crippen LogP contribution >= 0.6 is 0 Å². The molecule has 1 aromatic carbocycles. The molecular formula is C13H15N3O4. The van der Waals surface area contributed by atoms with E-state index in [1.54, 1.807) is 18.2 Å². The van der Waals surface area contributed by atoms with Crippen molar-refractivity contribution in [3.8, 4) is 0 Å². The molecule has 2 rings (SSSR count). The average Bonchev–Trinajstić information content (AvgIpc) is 2.42. The highest BCUT2D eigenvalue weighted by Gasteiger charge is 2.17. The largest absolute Gasteiger partial charge is 0.377 e. The highest BCUT2D eigenvalue weighted by Crippen LogP contribution is 2.30. The van der Waals surface area contributed by atoms with E-state index in [-0.39, 0.29) is 12.3 Å². The Bertz CT molecular complexity index is 616. The van der Waals surface area contributed by atoms with Crippen LogP contribution in [0.4, 0.5) is 11.4 Å². The van der Waals surface area contributed by atoms with Crippen molar-refractivity contribution >= 4 is 22.3 Å². The minimum atomic E-state index is -0.860. The molecule has 1 atom stereocenters. The van der Waals surface area contributed by atoms with Gasteiger partial charge in [-0.1, -0.05) is 18.2 Å². The highest BCUT2D eigenvalue weighted by atomic mass is 16.6. The number of pyridine rings is 1. The maximum atomic E-state index is 11.1. The summed E-state index contributed by atoms with van der Waals surface area (Å²) in [6, 6.07) is 7.18. The van der Waals surface area contributed by atoms with Crippen LogP contribution in [-0.4, -0.2) is 34.5 Å². The minimum absolute atomic E-state index is 0.0826. The maximum absolute atomic E-state index is 11.1. The van der Waals surface area contributed by atoms with Gasteiger partial charge in [0.05, 0.1) is 17.0 Å². The predicted molar refractivity (Wildman–Crippen MR) is 74.5 cm³/mol. The number of nitrogens with one attached hydrogen (secondary N) is 1. The van der Waals surface area contributed by atoms with Crippen molar-refractivity contribution in [1.29, 1.82) is 0 Å². The third-order valence-electron chi connectivity index (χ3n) is 2.72. The zero-order valence-corrected chi connectivity index (χ0v) is 10.9. The Hall–Kier alpha value is -2.25. The summed E-state index contributed by atoms with van der Waals surface area (Å²) in [5, 5.41) is 23.7. The van der Waals surface area contributed by atoms with Gasteiger partial charge in [0.25, 0.3) is 0 Å². The number of aliphatic hydroxyl groups excluding tert-OH is 1. The molecule has 0 radical (unpaired) electrons. The lowest BCUT2D eigenvalue weighted by Gasteiger charge is -2.11. The SMILES string of the molecule is CC(O)OCCNc1c([N+](=O)[O-])cnc2ccccc12. The first kappa shape index (κ1) is 14.2. The Morgan fingerprint density at radius 2 is 2.25 bits per heavy atom. The standard InChI is InChI=1S/C13H15N3O4/c1-9(17)20-7-6-14-13-10-4-2-3-5-11(10)15-8-12(13)16(18)19/h2-5,8-9,17H,6-7H2,1H3,(H,14,15). The number of hydrogen-bond donors (Lipinski definition) is 2. The summed E-state index contributed by atoms with van der Waals surface area (Å²) in [5.41, 5.74) is 1.01. The number of nitrogens with zero attached hydrogens (tertiary/aromatic N) is 2. The number of fused-ring (bicyclic) bond motifs is 1. The molecule has 0 saturated carbocycles. The molecule has 0 spiro atoms. The van der Waals surface area contributed by atoms with E-state index in [9.17, 15) is 10.1 Å². The summed E-state index contributed by atoms with van der Waals surface area (Å²) < 4.78 is 4.98. The van der Waals surface area contributed by atoms with Crippen LogP contribution in [0.5, 0.6) is 0 Å². The van der Waals surface area contributed by atoms with E-state index in [2.05, 4.69) is 10.3 Å².